The molecule has 0 fully saturated rings. The van der Waals surface area contributed by atoms with Crippen molar-refractivity contribution in [3.8, 4) is 21.3 Å². The van der Waals surface area contributed by atoms with E-state index in [-0.39, 0.29) is 14.5 Å². The van der Waals surface area contributed by atoms with Crippen LogP contribution in [0.15, 0.2) is 66.7 Å². The maximum atomic E-state index is 7.88. The molecule has 0 aliphatic carbocycles. The Balaban J connectivity index is 1.87. The molecular formula is C21H17NSe. The summed E-state index contributed by atoms with van der Waals surface area (Å²) in [7, 11) is 0. The van der Waals surface area contributed by atoms with Crippen LogP contribution in [-0.4, -0.2) is 19.5 Å². The van der Waals surface area contributed by atoms with E-state index in [9.17, 15) is 0 Å². The van der Waals surface area contributed by atoms with Gasteiger partial charge in [0, 0.05) is 0 Å². The molecule has 0 spiro atoms. The summed E-state index contributed by atoms with van der Waals surface area (Å²) < 4.78 is 25.9. The summed E-state index contributed by atoms with van der Waals surface area (Å²) in [6.07, 6.45) is 0. The van der Waals surface area contributed by atoms with Gasteiger partial charge in [-0.3, -0.25) is 0 Å². The molecule has 0 saturated heterocycles. The number of pyridine rings is 1. The molecule has 2 heterocycles. The predicted molar refractivity (Wildman–Crippen MR) is 99.0 cm³/mol. The monoisotopic (exact) mass is 366 g/mol. The van der Waals surface area contributed by atoms with Gasteiger partial charge in [0.15, 0.2) is 0 Å². The molecule has 112 valence electrons. The van der Waals surface area contributed by atoms with E-state index in [0.717, 1.165) is 32.3 Å². The van der Waals surface area contributed by atoms with Gasteiger partial charge in [-0.2, -0.15) is 0 Å². The first-order chi connectivity index (χ1) is 12.4. The summed E-state index contributed by atoms with van der Waals surface area (Å²) in [5, 5.41) is 0. The first-order valence-corrected chi connectivity index (χ1v) is 9.21. The van der Waals surface area contributed by atoms with Crippen molar-refractivity contribution in [3.05, 3.63) is 77.9 Å². The SMILES string of the molecule is [2H]C([2H])([2H])c1cccc(C)c1-c1cc2nc(-c3ccccc3)ccc2[se]1. The summed E-state index contributed by atoms with van der Waals surface area (Å²) in [5.41, 5.74) is 5.29. The van der Waals surface area contributed by atoms with Gasteiger partial charge in [0.05, 0.1) is 0 Å². The Morgan fingerprint density at radius 3 is 2.57 bits per heavy atom. The zero-order valence-corrected chi connectivity index (χ0v) is 14.4. The Morgan fingerprint density at radius 1 is 0.913 bits per heavy atom. The fraction of sp³-hybridized carbons (Fsp3) is 0.0952. The van der Waals surface area contributed by atoms with Gasteiger partial charge in [-0.1, -0.05) is 0 Å². The second-order valence-electron chi connectivity index (χ2n) is 5.55. The summed E-state index contributed by atoms with van der Waals surface area (Å²) >= 11 is 0.0592. The van der Waals surface area contributed by atoms with Crippen molar-refractivity contribution in [2.75, 3.05) is 0 Å². The number of hydrogen-bond donors (Lipinski definition) is 0. The van der Waals surface area contributed by atoms with Crippen molar-refractivity contribution in [3.63, 3.8) is 0 Å². The molecular weight excluding hydrogens is 345 g/mol. The molecule has 0 aliphatic heterocycles. The van der Waals surface area contributed by atoms with Crippen LogP contribution in [0.3, 0.4) is 0 Å². The molecule has 1 nitrogen and oxygen atoms in total. The molecule has 2 heteroatoms. The van der Waals surface area contributed by atoms with E-state index in [1.807, 2.05) is 49.4 Å². The van der Waals surface area contributed by atoms with E-state index in [1.165, 1.54) is 4.26 Å². The van der Waals surface area contributed by atoms with Crippen LogP contribution >= 0.6 is 0 Å². The van der Waals surface area contributed by atoms with E-state index in [0.29, 0.717) is 5.56 Å². The van der Waals surface area contributed by atoms with Crippen LogP contribution in [-0.2, 0) is 0 Å². The normalized spacial score (nSPS) is 13.5. The summed E-state index contributed by atoms with van der Waals surface area (Å²) in [6.45, 7) is -0.136. The number of fused-ring (bicyclic) bond motifs is 1. The Bertz CT molecular complexity index is 1080. The minimum absolute atomic E-state index is 0.0592. The van der Waals surface area contributed by atoms with Crippen LogP contribution in [0.5, 0.6) is 0 Å². The third kappa shape index (κ3) is 2.65. The van der Waals surface area contributed by atoms with Crippen molar-refractivity contribution in [2.45, 2.75) is 13.8 Å². The van der Waals surface area contributed by atoms with Crippen LogP contribution in [0.1, 0.15) is 15.2 Å². The standard InChI is InChI=1S/C21H17NSe/c1-14-7-6-8-15(2)21(14)20-13-18-19(23-20)12-11-17(22-18)16-9-4-3-5-10-16/h3-13H,1-2H3/i1D3. The molecule has 4 rings (SSSR count). The van der Waals surface area contributed by atoms with Gasteiger partial charge >= 0.3 is 146 Å². The average Bonchev–Trinajstić information content (AvgIpc) is 3.04. The van der Waals surface area contributed by atoms with Gasteiger partial charge in [-0.25, -0.2) is 0 Å². The van der Waals surface area contributed by atoms with Crippen molar-refractivity contribution in [1.82, 2.24) is 4.98 Å². The van der Waals surface area contributed by atoms with E-state index < -0.39 is 6.85 Å². The number of hydrogen-bond acceptors (Lipinski definition) is 1. The first-order valence-electron chi connectivity index (χ1n) is 9.00. The van der Waals surface area contributed by atoms with E-state index in [4.69, 9.17) is 9.10 Å². The molecule has 0 radical (unpaired) electrons. The van der Waals surface area contributed by atoms with E-state index >= 15 is 0 Å². The van der Waals surface area contributed by atoms with Crippen LogP contribution in [0, 0.1) is 13.8 Å². The maximum absolute atomic E-state index is 7.88. The second kappa shape index (κ2) is 5.81. The quantitative estimate of drug-likeness (QED) is 0.443. The molecule has 0 N–H and O–H groups in total. The Labute approximate surface area is 146 Å². The fourth-order valence-corrected chi connectivity index (χ4v) is 5.17. The number of aryl methyl sites for hydroxylation is 2. The van der Waals surface area contributed by atoms with E-state index in [1.54, 1.807) is 6.07 Å². The number of aromatic nitrogens is 1. The number of nitrogens with zero attached hydrogens (tertiary/aromatic N) is 1. The summed E-state index contributed by atoms with van der Waals surface area (Å²) in [6, 6.07) is 21.9. The van der Waals surface area contributed by atoms with Gasteiger partial charge in [0.1, 0.15) is 0 Å². The molecule has 0 bridgehead atoms. The third-order valence-corrected chi connectivity index (χ3v) is 6.29. The van der Waals surface area contributed by atoms with Gasteiger partial charge in [-0.05, 0) is 0 Å². The average molecular weight is 365 g/mol. The van der Waals surface area contributed by atoms with Crippen molar-refractivity contribution in [1.29, 1.82) is 0 Å². The minimum atomic E-state index is -2.12. The van der Waals surface area contributed by atoms with Crippen molar-refractivity contribution in [2.24, 2.45) is 0 Å². The molecule has 23 heavy (non-hydrogen) atoms. The first kappa shape index (κ1) is 11.4. The topological polar surface area (TPSA) is 12.9 Å². The van der Waals surface area contributed by atoms with Gasteiger partial charge in [0.25, 0.3) is 0 Å². The van der Waals surface area contributed by atoms with Crippen LogP contribution < -0.4 is 0 Å². The Kier molecular flexibility index (Phi) is 2.88. The zero-order valence-electron chi connectivity index (χ0n) is 15.7. The van der Waals surface area contributed by atoms with Crippen molar-refractivity contribution >= 4 is 24.3 Å². The molecule has 0 atom stereocenters. The second-order valence-corrected chi connectivity index (χ2v) is 7.83. The van der Waals surface area contributed by atoms with Crippen LogP contribution in [0.25, 0.3) is 31.0 Å². The predicted octanol–water partition coefficient (Wildman–Crippen LogP) is 5.24. The molecule has 0 aliphatic rings. The number of rotatable bonds is 2. The van der Waals surface area contributed by atoms with E-state index in [2.05, 4.69) is 18.2 Å². The molecule has 2 aromatic carbocycles. The summed E-state index contributed by atoms with van der Waals surface area (Å²) in [5.74, 6) is 0. The molecule has 4 aromatic rings. The third-order valence-electron chi connectivity index (χ3n) is 3.96. The number of benzene rings is 2. The zero-order chi connectivity index (χ0) is 18.3. The van der Waals surface area contributed by atoms with Crippen LogP contribution in [0.4, 0.5) is 0 Å². The van der Waals surface area contributed by atoms with Crippen molar-refractivity contribution < 1.29 is 4.11 Å². The Hall–Kier alpha value is -2.15. The molecule has 2 aromatic heterocycles. The fourth-order valence-electron chi connectivity index (χ4n) is 2.81. The van der Waals surface area contributed by atoms with Crippen LogP contribution in [0.2, 0.25) is 0 Å². The molecule has 0 saturated carbocycles. The van der Waals surface area contributed by atoms with Gasteiger partial charge in [-0.15, -0.1) is 0 Å². The summed E-state index contributed by atoms with van der Waals surface area (Å²) in [4.78, 5) is 4.82. The Morgan fingerprint density at radius 2 is 1.74 bits per heavy atom. The van der Waals surface area contributed by atoms with Gasteiger partial charge < -0.3 is 0 Å². The van der Waals surface area contributed by atoms with Gasteiger partial charge in [0.2, 0.25) is 0 Å². The molecule has 0 unspecified atom stereocenters. The molecule has 0 amide bonds.